The largest absolute Gasteiger partial charge is 0.298 e. The lowest BCUT2D eigenvalue weighted by molar-refractivity contribution is 0.102. The van der Waals surface area contributed by atoms with E-state index < -0.39 is 10.0 Å². The molecule has 0 radical (unpaired) electrons. The van der Waals surface area contributed by atoms with Crippen molar-refractivity contribution in [1.82, 2.24) is 9.29 Å². The van der Waals surface area contributed by atoms with E-state index in [2.05, 4.69) is 50.1 Å². The summed E-state index contributed by atoms with van der Waals surface area (Å²) in [5, 5.41) is 5.23. The Labute approximate surface area is 199 Å². The number of nitrogens with zero attached hydrogens (tertiary/aromatic N) is 2. The Bertz CT molecular complexity index is 1260. The average molecular weight is 484 g/mol. The average Bonchev–Trinajstić information content (AvgIpc) is 3.23. The second-order valence-corrected chi connectivity index (χ2v) is 11.9. The number of carbonyl (C=O) groups excluding carboxylic acids is 1. The van der Waals surface area contributed by atoms with Crippen molar-refractivity contribution < 1.29 is 13.2 Å². The highest BCUT2D eigenvalue weighted by molar-refractivity contribution is 7.89. The summed E-state index contributed by atoms with van der Waals surface area (Å²) in [6, 6.07) is 12.3. The van der Waals surface area contributed by atoms with Crippen LogP contribution in [0.2, 0.25) is 0 Å². The molecule has 0 aliphatic carbocycles. The van der Waals surface area contributed by atoms with Crippen LogP contribution in [0, 0.1) is 25.7 Å². The molecule has 1 aliphatic heterocycles. The van der Waals surface area contributed by atoms with Gasteiger partial charge in [-0.2, -0.15) is 4.31 Å². The van der Waals surface area contributed by atoms with Gasteiger partial charge in [-0.05, 0) is 73.6 Å². The van der Waals surface area contributed by atoms with E-state index in [1.165, 1.54) is 34.6 Å². The molecule has 2 aromatic carbocycles. The van der Waals surface area contributed by atoms with Crippen molar-refractivity contribution in [3.8, 4) is 11.3 Å². The first kappa shape index (κ1) is 23.6. The van der Waals surface area contributed by atoms with Crippen molar-refractivity contribution >= 4 is 32.4 Å². The minimum atomic E-state index is -3.57. The van der Waals surface area contributed by atoms with E-state index in [4.69, 9.17) is 0 Å². The topological polar surface area (TPSA) is 79.4 Å². The van der Waals surface area contributed by atoms with Crippen molar-refractivity contribution in [3.05, 3.63) is 64.5 Å². The molecule has 4 rings (SSSR count). The molecule has 1 saturated heterocycles. The minimum absolute atomic E-state index is 0.214. The molecule has 1 fully saturated rings. The van der Waals surface area contributed by atoms with Crippen molar-refractivity contribution in [2.75, 3.05) is 18.4 Å². The van der Waals surface area contributed by atoms with E-state index in [0.29, 0.717) is 35.6 Å². The van der Waals surface area contributed by atoms with Gasteiger partial charge < -0.3 is 0 Å². The molecule has 2 atom stereocenters. The molecule has 1 aliphatic rings. The molecule has 3 aromatic rings. The van der Waals surface area contributed by atoms with Gasteiger partial charge in [-0.1, -0.05) is 26.0 Å². The van der Waals surface area contributed by atoms with Crippen molar-refractivity contribution in [2.45, 2.75) is 39.0 Å². The summed E-state index contributed by atoms with van der Waals surface area (Å²) in [5.41, 5.74) is 4.61. The third-order valence-corrected chi connectivity index (χ3v) is 8.72. The number of nitrogens with one attached hydrogen (secondary N) is 1. The van der Waals surface area contributed by atoms with Crippen LogP contribution in [0.1, 0.15) is 41.8 Å². The van der Waals surface area contributed by atoms with Gasteiger partial charge in [0.25, 0.3) is 5.91 Å². The van der Waals surface area contributed by atoms with E-state index in [1.807, 2.05) is 11.4 Å². The van der Waals surface area contributed by atoms with Crippen LogP contribution in [0.3, 0.4) is 0 Å². The lowest BCUT2D eigenvalue weighted by Crippen LogP contribution is -2.42. The molecule has 0 spiro atoms. The molecule has 6 nitrogen and oxygen atoms in total. The van der Waals surface area contributed by atoms with Gasteiger partial charge in [-0.25, -0.2) is 13.4 Å². The van der Waals surface area contributed by atoms with E-state index in [9.17, 15) is 13.2 Å². The van der Waals surface area contributed by atoms with Crippen LogP contribution in [0.25, 0.3) is 11.3 Å². The Balaban J connectivity index is 1.46. The predicted molar refractivity (Wildman–Crippen MR) is 133 cm³/mol. The number of hydrogen-bond donors (Lipinski definition) is 1. The maximum Gasteiger partial charge on any atom is 0.257 e. The zero-order chi connectivity index (χ0) is 23.8. The van der Waals surface area contributed by atoms with Gasteiger partial charge in [-0.15, -0.1) is 11.3 Å². The summed E-state index contributed by atoms with van der Waals surface area (Å²) in [7, 11) is -3.57. The number of aryl methyl sites for hydroxylation is 2. The highest BCUT2D eigenvalue weighted by Crippen LogP contribution is 2.28. The number of benzene rings is 2. The second kappa shape index (κ2) is 9.37. The zero-order valence-corrected chi connectivity index (χ0v) is 21.0. The maximum atomic E-state index is 13.0. The van der Waals surface area contributed by atoms with Crippen LogP contribution in [-0.4, -0.2) is 36.7 Å². The van der Waals surface area contributed by atoms with Crippen LogP contribution in [-0.2, 0) is 10.0 Å². The van der Waals surface area contributed by atoms with Crippen LogP contribution in [0.15, 0.2) is 52.7 Å². The molecule has 1 aromatic heterocycles. The highest BCUT2D eigenvalue weighted by atomic mass is 32.2. The Hall–Kier alpha value is -2.55. The number of hydrogen-bond acceptors (Lipinski definition) is 5. The summed E-state index contributed by atoms with van der Waals surface area (Å²) in [6.07, 6.45) is 1.03. The van der Waals surface area contributed by atoms with Crippen LogP contribution < -0.4 is 5.32 Å². The molecule has 33 heavy (non-hydrogen) atoms. The number of anilines is 1. The van der Waals surface area contributed by atoms with E-state index >= 15 is 0 Å². The van der Waals surface area contributed by atoms with Crippen LogP contribution >= 0.6 is 11.3 Å². The quantitative estimate of drug-likeness (QED) is 0.531. The van der Waals surface area contributed by atoms with Crippen LogP contribution in [0.4, 0.5) is 5.13 Å². The number of carbonyl (C=O) groups is 1. The third-order valence-electron chi connectivity index (χ3n) is 6.12. The summed E-state index contributed by atoms with van der Waals surface area (Å²) in [5.74, 6) is 0.348. The molecule has 0 bridgehead atoms. The van der Waals surface area contributed by atoms with Crippen molar-refractivity contribution in [1.29, 1.82) is 0 Å². The number of aromatic nitrogens is 1. The molecule has 0 unspecified atom stereocenters. The first-order chi connectivity index (χ1) is 15.6. The SMILES string of the molecule is Cc1ccc(-c2csc(NC(=O)c3ccc(S(=O)(=O)N4C[C@@H](C)C[C@H](C)C4)cc3)n2)cc1C. The standard InChI is InChI=1S/C25H29N3O3S2/c1-16-11-17(2)14-28(13-16)33(30,31)22-9-7-20(8-10-22)24(29)27-25-26-23(15-32-25)21-6-5-18(3)19(4)12-21/h5-10,12,15-17H,11,13-14H2,1-4H3,(H,26,27,29)/t16-,17-/m0/s1. The van der Waals surface area contributed by atoms with Gasteiger partial charge in [0.2, 0.25) is 10.0 Å². The van der Waals surface area contributed by atoms with Gasteiger partial charge in [0.15, 0.2) is 5.13 Å². The minimum Gasteiger partial charge on any atom is -0.298 e. The van der Waals surface area contributed by atoms with Gasteiger partial charge in [0.05, 0.1) is 10.6 Å². The van der Waals surface area contributed by atoms with Crippen LogP contribution in [0.5, 0.6) is 0 Å². The molecule has 8 heteroatoms. The molecule has 0 saturated carbocycles. The normalized spacial score (nSPS) is 19.4. The van der Waals surface area contributed by atoms with Gasteiger partial charge in [-0.3, -0.25) is 10.1 Å². The molecule has 1 amide bonds. The lowest BCUT2D eigenvalue weighted by atomic mass is 9.94. The second-order valence-electron chi connectivity index (χ2n) is 9.08. The summed E-state index contributed by atoms with van der Waals surface area (Å²) in [6.45, 7) is 9.34. The van der Waals surface area contributed by atoms with Crippen molar-refractivity contribution in [2.24, 2.45) is 11.8 Å². The smallest absolute Gasteiger partial charge is 0.257 e. The van der Waals surface area contributed by atoms with E-state index in [-0.39, 0.29) is 10.8 Å². The molecular weight excluding hydrogens is 454 g/mol. The molecule has 1 N–H and O–H groups in total. The maximum absolute atomic E-state index is 13.0. The Kier molecular flexibility index (Phi) is 6.70. The van der Waals surface area contributed by atoms with E-state index in [1.54, 1.807) is 16.4 Å². The highest BCUT2D eigenvalue weighted by Gasteiger charge is 2.31. The van der Waals surface area contributed by atoms with Gasteiger partial charge in [0.1, 0.15) is 0 Å². The number of piperidine rings is 1. The van der Waals surface area contributed by atoms with Crippen molar-refractivity contribution in [3.63, 3.8) is 0 Å². The number of thiazole rings is 1. The Morgan fingerprint density at radius 3 is 2.33 bits per heavy atom. The Morgan fingerprint density at radius 1 is 1.03 bits per heavy atom. The summed E-state index contributed by atoms with van der Waals surface area (Å²) >= 11 is 1.36. The summed E-state index contributed by atoms with van der Waals surface area (Å²) in [4.78, 5) is 17.5. The molecule has 2 heterocycles. The predicted octanol–water partition coefficient (Wildman–Crippen LogP) is 5.35. The molecular formula is C25H29N3O3S2. The number of rotatable bonds is 5. The summed E-state index contributed by atoms with van der Waals surface area (Å²) < 4.78 is 27.7. The zero-order valence-electron chi connectivity index (χ0n) is 19.3. The fourth-order valence-corrected chi connectivity index (χ4v) is 6.66. The third kappa shape index (κ3) is 5.18. The fourth-order valence-electron chi connectivity index (χ4n) is 4.26. The Morgan fingerprint density at radius 2 is 1.70 bits per heavy atom. The monoisotopic (exact) mass is 483 g/mol. The van der Waals surface area contributed by atoms with Gasteiger partial charge >= 0.3 is 0 Å². The van der Waals surface area contributed by atoms with E-state index in [0.717, 1.165) is 17.7 Å². The number of sulfonamides is 1. The molecule has 174 valence electrons. The number of amides is 1. The fraction of sp³-hybridized carbons (Fsp3) is 0.360. The lowest BCUT2D eigenvalue weighted by Gasteiger charge is -2.34. The first-order valence-electron chi connectivity index (χ1n) is 11.1. The van der Waals surface area contributed by atoms with Gasteiger partial charge in [0, 0.05) is 29.6 Å². The first-order valence-corrected chi connectivity index (χ1v) is 13.4.